The zero-order valence-corrected chi connectivity index (χ0v) is 16.4. The third-order valence-electron chi connectivity index (χ3n) is 4.06. The molecule has 1 aromatic carbocycles. The lowest BCUT2D eigenvalue weighted by Gasteiger charge is -2.16. The number of carbonyl (C=O) groups is 1. The zero-order valence-electron chi connectivity index (χ0n) is 16.4. The Hall–Kier alpha value is -3.53. The topological polar surface area (TPSA) is 86.2 Å². The lowest BCUT2D eigenvalue weighted by molar-refractivity contribution is -0.142. The van der Waals surface area contributed by atoms with Crippen LogP contribution >= 0.6 is 0 Å². The number of aromatic amines is 1. The van der Waals surface area contributed by atoms with E-state index in [1.165, 1.54) is 10.9 Å². The van der Waals surface area contributed by atoms with Crippen LogP contribution in [0.1, 0.15) is 32.0 Å². The lowest BCUT2D eigenvalue weighted by atomic mass is 9.97. The average molecular weight is 379 g/mol. The first-order valence-corrected chi connectivity index (χ1v) is 8.69. The number of methoxy groups -OCH3 is 1. The fourth-order valence-electron chi connectivity index (χ4n) is 2.43. The van der Waals surface area contributed by atoms with Crippen molar-refractivity contribution in [3.8, 4) is 23.5 Å². The van der Waals surface area contributed by atoms with Crippen LogP contribution in [0.4, 0.5) is 0 Å². The number of H-pyrrole nitrogens is 1. The van der Waals surface area contributed by atoms with Gasteiger partial charge in [-0.15, -0.1) is 0 Å². The molecule has 28 heavy (non-hydrogen) atoms. The number of nitrogens with zero attached hydrogens (tertiary/aromatic N) is 2. The smallest absolute Gasteiger partial charge is 0.316 e. The van der Waals surface area contributed by atoms with E-state index >= 15 is 0 Å². The van der Waals surface area contributed by atoms with Gasteiger partial charge >= 0.3 is 5.97 Å². The van der Waals surface area contributed by atoms with Crippen LogP contribution in [0.25, 0.3) is 11.0 Å². The molecule has 0 radical (unpaired) electrons. The lowest BCUT2D eigenvalue weighted by Crippen LogP contribution is -2.26. The van der Waals surface area contributed by atoms with Gasteiger partial charge < -0.3 is 14.5 Å². The Bertz CT molecular complexity index is 1150. The van der Waals surface area contributed by atoms with E-state index in [-0.39, 0.29) is 11.1 Å². The first kappa shape index (κ1) is 19.2. The molecule has 0 spiro atoms. The minimum absolute atomic E-state index is 0.188. The molecule has 2 heterocycles. The standard InChI is InChI=1S/C21H21N3O4/c1-13-17(28-20(26)21(2,3)4)16-18(23-13)22-12-24(19(16)25)11-10-14-6-8-15(27-5)9-7-14/h6-9,12,23H,1-5H3. The van der Waals surface area contributed by atoms with Gasteiger partial charge in [-0.1, -0.05) is 0 Å². The Kier molecular flexibility index (Phi) is 4.97. The van der Waals surface area contributed by atoms with Crippen LogP contribution in [-0.2, 0) is 4.79 Å². The summed E-state index contributed by atoms with van der Waals surface area (Å²) in [5.41, 5.74) is 0.509. The van der Waals surface area contributed by atoms with Crippen molar-refractivity contribution in [1.29, 1.82) is 0 Å². The number of aromatic nitrogens is 3. The molecule has 1 N–H and O–H groups in total. The number of carbonyl (C=O) groups excluding carboxylic acids is 1. The van der Waals surface area contributed by atoms with E-state index in [1.54, 1.807) is 59.1 Å². The highest BCUT2D eigenvalue weighted by atomic mass is 16.5. The molecule has 0 atom stereocenters. The number of ether oxygens (including phenoxy) is 2. The van der Waals surface area contributed by atoms with Gasteiger partial charge in [0.1, 0.15) is 23.1 Å². The molecule has 0 aliphatic rings. The van der Waals surface area contributed by atoms with Crippen molar-refractivity contribution < 1.29 is 14.3 Å². The Morgan fingerprint density at radius 3 is 2.50 bits per heavy atom. The van der Waals surface area contributed by atoms with Crippen LogP contribution in [0.5, 0.6) is 11.5 Å². The predicted octanol–water partition coefficient (Wildman–Crippen LogP) is 2.85. The molecule has 3 aromatic rings. The van der Waals surface area contributed by atoms with E-state index in [9.17, 15) is 9.59 Å². The summed E-state index contributed by atoms with van der Waals surface area (Å²) in [4.78, 5) is 32.4. The van der Waals surface area contributed by atoms with Crippen molar-refractivity contribution in [2.75, 3.05) is 7.11 Å². The van der Waals surface area contributed by atoms with E-state index in [0.29, 0.717) is 11.3 Å². The van der Waals surface area contributed by atoms with Crippen LogP contribution in [0.2, 0.25) is 0 Å². The molecule has 0 saturated carbocycles. The highest BCUT2D eigenvalue weighted by Crippen LogP contribution is 2.28. The molecule has 7 heteroatoms. The Balaban J connectivity index is 2.03. The van der Waals surface area contributed by atoms with Crippen LogP contribution in [0, 0.1) is 24.3 Å². The third-order valence-corrected chi connectivity index (χ3v) is 4.06. The summed E-state index contributed by atoms with van der Waals surface area (Å²) in [6.07, 6.45) is 1.34. The molecule has 2 aromatic heterocycles. The first-order chi connectivity index (χ1) is 13.2. The van der Waals surface area contributed by atoms with Gasteiger partial charge in [-0.25, -0.2) is 9.55 Å². The fourth-order valence-corrected chi connectivity index (χ4v) is 2.43. The summed E-state index contributed by atoms with van der Waals surface area (Å²) in [6.45, 7) is 6.96. The van der Waals surface area contributed by atoms with E-state index in [0.717, 1.165) is 11.3 Å². The van der Waals surface area contributed by atoms with Crippen molar-refractivity contribution in [3.05, 3.63) is 52.2 Å². The summed E-state index contributed by atoms with van der Waals surface area (Å²) in [7, 11) is 1.59. The minimum atomic E-state index is -0.703. The van der Waals surface area contributed by atoms with Crippen molar-refractivity contribution in [2.45, 2.75) is 27.7 Å². The molecule has 3 rings (SSSR count). The van der Waals surface area contributed by atoms with E-state index in [4.69, 9.17) is 9.47 Å². The van der Waals surface area contributed by atoms with Crippen molar-refractivity contribution >= 4 is 17.0 Å². The minimum Gasteiger partial charge on any atom is -0.497 e. The quantitative estimate of drug-likeness (QED) is 0.547. The molecular weight excluding hydrogens is 358 g/mol. The van der Waals surface area contributed by atoms with Gasteiger partial charge in [0.15, 0.2) is 5.75 Å². The van der Waals surface area contributed by atoms with Gasteiger partial charge in [-0.3, -0.25) is 9.59 Å². The molecule has 0 fully saturated rings. The number of fused-ring (bicyclic) bond motifs is 1. The van der Waals surface area contributed by atoms with E-state index in [2.05, 4.69) is 21.9 Å². The second-order valence-electron chi connectivity index (χ2n) is 7.33. The number of rotatable bonds is 2. The van der Waals surface area contributed by atoms with Crippen molar-refractivity contribution in [3.63, 3.8) is 0 Å². The maximum Gasteiger partial charge on any atom is 0.316 e. The largest absolute Gasteiger partial charge is 0.497 e. The van der Waals surface area contributed by atoms with Gasteiger partial charge in [0.05, 0.1) is 18.2 Å². The maximum absolute atomic E-state index is 12.9. The van der Waals surface area contributed by atoms with Crippen molar-refractivity contribution in [1.82, 2.24) is 14.5 Å². The second-order valence-corrected chi connectivity index (χ2v) is 7.33. The predicted molar refractivity (Wildman–Crippen MR) is 105 cm³/mol. The number of hydrogen-bond acceptors (Lipinski definition) is 5. The molecule has 144 valence electrons. The van der Waals surface area contributed by atoms with Crippen LogP contribution in [-0.4, -0.2) is 27.6 Å². The molecule has 0 saturated heterocycles. The number of hydrogen-bond donors (Lipinski definition) is 1. The summed E-state index contributed by atoms with van der Waals surface area (Å²) in [5, 5.41) is 0.196. The van der Waals surface area contributed by atoms with Crippen LogP contribution in [0.3, 0.4) is 0 Å². The molecule has 0 bridgehead atoms. The summed E-state index contributed by atoms with van der Waals surface area (Å²) < 4.78 is 11.8. The van der Waals surface area contributed by atoms with Crippen LogP contribution in [0.15, 0.2) is 35.4 Å². The molecule has 0 amide bonds. The van der Waals surface area contributed by atoms with Gasteiger partial charge in [-0.05, 0) is 57.9 Å². The van der Waals surface area contributed by atoms with Crippen LogP contribution < -0.4 is 15.0 Å². The Morgan fingerprint density at radius 2 is 1.89 bits per heavy atom. The maximum atomic E-state index is 12.9. The second kappa shape index (κ2) is 7.24. The highest BCUT2D eigenvalue weighted by Gasteiger charge is 2.27. The third kappa shape index (κ3) is 3.76. The zero-order chi connectivity index (χ0) is 20.5. The molecular formula is C21H21N3O4. The highest BCUT2D eigenvalue weighted by molar-refractivity contribution is 5.88. The monoisotopic (exact) mass is 379 g/mol. The van der Waals surface area contributed by atoms with Gasteiger partial charge in [-0.2, -0.15) is 0 Å². The number of esters is 1. The molecule has 0 aliphatic heterocycles. The SMILES string of the molecule is COc1ccc(C#Cn2cnc3[nH]c(C)c(OC(=O)C(C)(C)C)c3c2=O)cc1. The number of nitrogens with one attached hydrogen (secondary N) is 1. The molecule has 0 aliphatic carbocycles. The fraction of sp³-hybridized carbons (Fsp3) is 0.286. The Labute approximate surface area is 162 Å². The average Bonchev–Trinajstić information content (AvgIpc) is 2.97. The van der Waals surface area contributed by atoms with E-state index < -0.39 is 16.9 Å². The van der Waals surface area contributed by atoms with Crippen molar-refractivity contribution in [2.24, 2.45) is 5.41 Å². The normalized spacial score (nSPS) is 11.0. The molecule has 7 nitrogen and oxygen atoms in total. The number of aryl methyl sites for hydroxylation is 1. The summed E-state index contributed by atoms with van der Waals surface area (Å²) in [6, 6.07) is 9.93. The number of benzene rings is 1. The van der Waals surface area contributed by atoms with Gasteiger partial charge in [0, 0.05) is 11.6 Å². The Morgan fingerprint density at radius 1 is 1.21 bits per heavy atom. The first-order valence-electron chi connectivity index (χ1n) is 8.69. The van der Waals surface area contributed by atoms with Gasteiger partial charge in [0.2, 0.25) is 0 Å². The van der Waals surface area contributed by atoms with E-state index in [1.807, 2.05) is 0 Å². The summed E-state index contributed by atoms with van der Waals surface area (Å²) in [5.74, 6) is 3.38. The summed E-state index contributed by atoms with van der Waals surface area (Å²) >= 11 is 0. The van der Waals surface area contributed by atoms with Gasteiger partial charge in [0.25, 0.3) is 5.56 Å². The molecule has 0 unspecified atom stereocenters.